The molecule has 1 fully saturated rings. The fraction of sp³-hybridized carbons (Fsp3) is 0.167. The predicted molar refractivity (Wildman–Crippen MR) is 109 cm³/mol. The van der Waals surface area contributed by atoms with E-state index in [-0.39, 0.29) is 39.2 Å². The van der Waals surface area contributed by atoms with Crippen molar-refractivity contribution < 1.29 is 28.8 Å². The molecular formula is C18H14N2O7S2. The minimum atomic E-state index is -1.03. The molecule has 9 nitrogen and oxygen atoms in total. The van der Waals surface area contributed by atoms with E-state index in [4.69, 9.17) is 26.5 Å². The number of methoxy groups -OCH3 is 1. The Morgan fingerprint density at radius 1 is 1.41 bits per heavy atom. The molecule has 1 aliphatic rings. The number of carbonyl (C=O) groups is 2. The minimum absolute atomic E-state index is 0.0151. The van der Waals surface area contributed by atoms with Crippen molar-refractivity contribution in [2.24, 2.45) is 0 Å². The Bertz CT molecular complexity index is 1040. The van der Waals surface area contributed by atoms with E-state index in [1.54, 1.807) is 18.2 Å². The van der Waals surface area contributed by atoms with E-state index in [0.29, 0.717) is 11.5 Å². The molecule has 11 heteroatoms. The van der Waals surface area contributed by atoms with Crippen LogP contribution in [-0.4, -0.2) is 44.8 Å². The Kier molecular flexibility index (Phi) is 5.99. The van der Waals surface area contributed by atoms with E-state index in [0.717, 1.165) is 11.8 Å². The number of thioether (sulfide) groups is 1. The summed E-state index contributed by atoms with van der Waals surface area (Å²) in [5.74, 6) is -0.525. The van der Waals surface area contributed by atoms with Gasteiger partial charge < -0.3 is 14.3 Å². The number of nitrogens with zero attached hydrogens (tertiary/aromatic N) is 2. The molecule has 1 amide bonds. The Labute approximate surface area is 174 Å². The molecule has 150 valence electrons. The lowest BCUT2D eigenvalue weighted by atomic mass is 10.1. The van der Waals surface area contributed by atoms with Gasteiger partial charge in [-0.2, -0.15) is 0 Å². The van der Waals surface area contributed by atoms with E-state index in [1.807, 2.05) is 0 Å². The highest BCUT2D eigenvalue weighted by atomic mass is 32.2. The Morgan fingerprint density at radius 2 is 2.17 bits per heavy atom. The number of hydrogen-bond acceptors (Lipinski definition) is 8. The SMILES string of the molecule is COc1ccc(-c2ccc(/C=C3\SC(=S)N(CCC(=O)O)C3=O)o2)c([N+](=O)[O-])c1. The fourth-order valence-corrected chi connectivity index (χ4v) is 3.89. The standard InChI is InChI=1S/C18H14N2O7S2/c1-26-10-2-4-12(13(8-10)20(24)25)14-5-3-11(27-14)9-15-17(23)19(18(28)29-15)7-6-16(21)22/h2-5,8-9H,6-7H2,1H3,(H,21,22)/b15-9-. The zero-order valence-corrected chi connectivity index (χ0v) is 16.6. The third-order valence-corrected chi connectivity index (χ3v) is 5.37. The van der Waals surface area contributed by atoms with Gasteiger partial charge in [-0.1, -0.05) is 24.0 Å². The molecule has 1 aromatic heterocycles. The van der Waals surface area contributed by atoms with Crippen LogP contribution in [0.5, 0.6) is 5.75 Å². The monoisotopic (exact) mass is 434 g/mol. The van der Waals surface area contributed by atoms with Crippen LogP contribution in [0.3, 0.4) is 0 Å². The van der Waals surface area contributed by atoms with Gasteiger partial charge in [0.15, 0.2) is 0 Å². The summed E-state index contributed by atoms with van der Waals surface area (Å²) in [6.07, 6.45) is 1.25. The van der Waals surface area contributed by atoms with Crippen molar-refractivity contribution in [2.75, 3.05) is 13.7 Å². The first-order chi connectivity index (χ1) is 13.8. The van der Waals surface area contributed by atoms with Crippen LogP contribution in [0.4, 0.5) is 5.69 Å². The normalized spacial score (nSPS) is 15.2. The van der Waals surface area contributed by atoms with Crippen LogP contribution in [0.1, 0.15) is 12.2 Å². The average Bonchev–Trinajstić information content (AvgIpc) is 3.24. The lowest BCUT2D eigenvalue weighted by molar-refractivity contribution is -0.384. The van der Waals surface area contributed by atoms with E-state index >= 15 is 0 Å². The molecule has 3 rings (SSSR count). The molecule has 0 spiro atoms. The summed E-state index contributed by atoms with van der Waals surface area (Å²) in [6.45, 7) is -0.0151. The molecule has 0 unspecified atom stereocenters. The number of rotatable bonds is 7. The van der Waals surface area contributed by atoms with Crippen LogP contribution in [0.15, 0.2) is 39.7 Å². The quantitative estimate of drug-likeness (QED) is 0.302. The van der Waals surface area contributed by atoms with E-state index in [9.17, 15) is 19.7 Å². The molecule has 0 bridgehead atoms. The molecule has 1 N–H and O–H groups in total. The Balaban J connectivity index is 1.86. The predicted octanol–water partition coefficient (Wildman–Crippen LogP) is 3.54. The molecule has 0 atom stereocenters. The molecule has 2 heterocycles. The maximum atomic E-state index is 12.4. The van der Waals surface area contributed by atoms with Gasteiger partial charge in [0.2, 0.25) is 0 Å². The zero-order chi connectivity index (χ0) is 21.1. The third kappa shape index (κ3) is 4.46. The van der Waals surface area contributed by atoms with Crippen molar-refractivity contribution in [3.8, 4) is 17.1 Å². The largest absolute Gasteiger partial charge is 0.497 e. The Hall–Kier alpha value is -3.18. The summed E-state index contributed by atoms with van der Waals surface area (Å²) in [4.78, 5) is 35.5. The van der Waals surface area contributed by atoms with Crippen molar-refractivity contribution in [1.82, 2.24) is 4.90 Å². The second kappa shape index (κ2) is 8.45. The van der Waals surface area contributed by atoms with Gasteiger partial charge in [-0.25, -0.2) is 0 Å². The van der Waals surface area contributed by atoms with Crippen molar-refractivity contribution >= 4 is 51.9 Å². The second-order valence-electron chi connectivity index (χ2n) is 5.82. The first-order valence-electron chi connectivity index (χ1n) is 8.20. The third-order valence-electron chi connectivity index (χ3n) is 3.99. The van der Waals surface area contributed by atoms with Crippen molar-refractivity contribution in [3.63, 3.8) is 0 Å². The summed E-state index contributed by atoms with van der Waals surface area (Å²) >= 11 is 6.17. The maximum Gasteiger partial charge on any atom is 0.305 e. The second-order valence-corrected chi connectivity index (χ2v) is 7.50. The first kappa shape index (κ1) is 20.6. The van der Waals surface area contributed by atoms with Crippen molar-refractivity contribution in [1.29, 1.82) is 0 Å². The van der Waals surface area contributed by atoms with Gasteiger partial charge in [0.05, 0.1) is 35.0 Å². The molecule has 1 saturated heterocycles. The highest BCUT2D eigenvalue weighted by Crippen LogP contribution is 2.36. The van der Waals surface area contributed by atoms with Crippen LogP contribution in [0, 0.1) is 10.1 Å². The minimum Gasteiger partial charge on any atom is -0.497 e. The van der Waals surface area contributed by atoms with Crippen LogP contribution in [0.25, 0.3) is 17.4 Å². The number of carboxylic acid groups (broad SMARTS) is 1. The highest BCUT2D eigenvalue weighted by Gasteiger charge is 2.32. The number of benzene rings is 1. The topological polar surface area (TPSA) is 123 Å². The fourth-order valence-electron chi connectivity index (χ4n) is 2.60. The molecule has 0 aliphatic carbocycles. The first-order valence-corrected chi connectivity index (χ1v) is 9.42. The summed E-state index contributed by atoms with van der Waals surface area (Å²) < 4.78 is 11.0. The molecule has 2 aromatic rings. The average molecular weight is 434 g/mol. The highest BCUT2D eigenvalue weighted by molar-refractivity contribution is 8.26. The zero-order valence-electron chi connectivity index (χ0n) is 15.0. The number of furan rings is 1. The van der Waals surface area contributed by atoms with Gasteiger partial charge in [0, 0.05) is 12.6 Å². The summed E-state index contributed by atoms with van der Waals surface area (Å²) in [5, 5.41) is 20.1. The van der Waals surface area contributed by atoms with Crippen LogP contribution in [-0.2, 0) is 9.59 Å². The van der Waals surface area contributed by atoms with Gasteiger partial charge >= 0.3 is 5.97 Å². The maximum absolute atomic E-state index is 12.4. The van der Waals surface area contributed by atoms with Crippen molar-refractivity contribution in [2.45, 2.75) is 6.42 Å². The summed E-state index contributed by atoms with van der Waals surface area (Å²) in [5.41, 5.74) is 0.0923. The van der Waals surface area contributed by atoms with Crippen LogP contribution < -0.4 is 4.74 Å². The number of carbonyl (C=O) groups excluding carboxylic acids is 1. The molecule has 0 radical (unpaired) electrons. The van der Waals surface area contributed by atoms with Gasteiger partial charge in [-0.15, -0.1) is 0 Å². The summed E-state index contributed by atoms with van der Waals surface area (Å²) in [7, 11) is 1.41. The van der Waals surface area contributed by atoms with Gasteiger partial charge in [0.25, 0.3) is 11.6 Å². The number of thiocarbonyl (C=S) groups is 1. The van der Waals surface area contributed by atoms with E-state index in [1.165, 1.54) is 30.2 Å². The number of hydrogen-bond donors (Lipinski definition) is 1. The number of carboxylic acids is 1. The Morgan fingerprint density at radius 3 is 2.83 bits per heavy atom. The van der Waals surface area contributed by atoms with Crippen LogP contribution in [0.2, 0.25) is 0 Å². The van der Waals surface area contributed by atoms with E-state index in [2.05, 4.69) is 0 Å². The number of nitro benzene ring substituents is 1. The number of amides is 1. The lowest BCUT2D eigenvalue weighted by Gasteiger charge is -2.12. The van der Waals surface area contributed by atoms with Crippen LogP contribution >= 0.6 is 24.0 Å². The molecule has 29 heavy (non-hydrogen) atoms. The van der Waals surface area contributed by atoms with Crippen molar-refractivity contribution in [3.05, 3.63) is 51.1 Å². The lowest BCUT2D eigenvalue weighted by Crippen LogP contribution is -2.30. The van der Waals surface area contributed by atoms with Gasteiger partial charge in [0.1, 0.15) is 21.6 Å². The number of nitro groups is 1. The molecule has 0 saturated carbocycles. The smallest absolute Gasteiger partial charge is 0.305 e. The molecular weight excluding hydrogens is 420 g/mol. The van der Waals surface area contributed by atoms with Gasteiger partial charge in [-0.05, 0) is 24.3 Å². The summed E-state index contributed by atoms with van der Waals surface area (Å²) in [6, 6.07) is 7.53. The number of ether oxygens (including phenoxy) is 1. The molecule has 1 aliphatic heterocycles. The number of aliphatic carboxylic acids is 1. The van der Waals surface area contributed by atoms with Gasteiger partial charge in [-0.3, -0.25) is 24.6 Å². The van der Waals surface area contributed by atoms with E-state index < -0.39 is 16.8 Å². The molecule has 1 aromatic carbocycles.